The number of rotatable bonds is 9. The lowest BCUT2D eigenvalue weighted by atomic mass is 9.46. The summed E-state index contributed by atoms with van der Waals surface area (Å²) in [6.45, 7) is 0.624. The smallest absolute Gasteiger partial charge is 0.323 e. The molecule has 5 N–H and O–H groups in total. The first kappa shape index (κ1) is 23.1. The number of nitrogens with zero attached hydrogens (tertiary/aromatic N) is 2. The van der Waals surface area contributed by atoms with Crippen LogP contribution in [0.5, 0.6) is 0 Å². The van der Waals surface area contributed by atoms with Crippen LogP contribution in [0.4, 0.5) is 0 Å². The number of nitrogens with two attached hydrogens (primary N) is 2. The van der Waals surface area contributed by atoms with Crippen molar-refractivity contribution in [1.29, 1.82) is 5.26 Å². The zero-order valence-electron chi connectivity index (χ0n) is 19.8. The first-order valence-corrected chi connectivity index (χ1v) is 12.9. The second-order valence-electron chi connectivity index (χ2n) is 11.7. The number of fused-ring (bicyclic) bond motifs is 1. The number of nitrogens with one attached hydrogen (secondary N) is 1. The van der Waals surface area contributed by atoms with Crippen molar-refractivity contribution >= 4 is 11.9 Å². The number of amides is 1. The topological polar surface area (TPSA) is 134 Å². The summed E-state index contributed by atoms with van der Waals surface area (Å²) in [6, 6.07) is 1.24. The van der Waals surface area contributed by atoms with E-state index in [1.54, 1.807) is 11.9 Å². The van der Waals surface area contributed by atoms with Gasteiger partial charge < -0.3 is 26.4 Å². The Kier molecular flexibility index (Phi) is 5.95. The molecule has 6 aliphatic rings. The predicted octanol–water partition coefficient (Wildman–Crippen LogP) is 1.43. The van der Waals surface area contributed by atoms with Crippen LogP contribution in [0.2, 0.25) is 0 Å². The zero-order chi connectivity index (χ0) is 23.4. The molecule has 0 aromatic carbocycles. The van der Waals surface area contributed by atoms with Crippen LogP contribution in [-0.4, -0.2) is 60.1 Å². The van der Waals surface area contributed by atoms with Gasteiger partial charge in [-0.25, -0.2) is 0 Å². The van der Waals surface area contributed by atoms with E-state index in [1.807, 2.05) is 0 Å². The van der Waals surface area contributed by atoms with E-state index in [1.165, 1.54) is 0 Å². The Bertz CT molecular complexity index is 826. The maximum absolute atomic E-state index is 13.6. The zero-order valence-corrected chi connectivity index (χ0v) is 19.8. The van der Waals surface area contributed by atoms with E-state index in [0.717, 1.165) is 57.8 Å². The summed E-state index contributed by atoms with van der Waals surface area (Å²) >= 11 is 0. The van der Waals surface area contributed by atoms with Gasteiger partial charge in [0.2, 0.25) is 5.91 Å². The lowest BCUT2D eigenvalue weighted by molar-refractivity contribution is -0.207. The molecule has 4 bridgehead atoms. The molecular weight excluding hydrogens is 418 g/mol. The van der Waals surface area contributed by atoms with Crippen LogP contribution in [0.3, 0.4) is 0 Å². The minimum Gasteiger partial charge on any atom is -0.458 e. The van der Waals surface area contributed by atoms with Gasteiger partial charge in [0.15, 0.2) is 0 Å². The summed E-state index contributed by atoms with van der Waals surface area (Å²) in [6.07, 6.45) is 9.72. The monoisotopic (exact) mass is 457 g/mol. The fraction of sp³-hybridized carbons (Fsp3) is 0.880. The largest absolute Gasteiger partial charge is 0.458 e. The number of nitriles is 1. The maximum Gasteiger partial charge on any atom is 0.323 e. The highest BCUT2D eigenvalue weighted by atomic mass is 16.6. The Hall–Kier alpha value is -1.69. The predicted molar refractivity (Wildman–Crippen MR) is 122 cm³/mol. The number of unbranched alkanes of at least 4 members (excludes halogenated alkanes) is 1. The summed E-state index contributed by atoms with van der Waals surface area (Å²) < 4.78 is 6.32. The normalized spacial score (nSPS) is 41.9. The second-order valence-corrected chi connectivity index (χ2v) is 11.7. The molecule has 5 aliphatic carbocycles. The summed E-state index contributed by atoms with van der Waals surface area (Å²) in [5.74, 6) is 1.14. The van der Waals surface area contributed by atoms with Gasteiger partial charge in [0.05, 0.1) is 12.1 Å². The molecule has 8 nitrogen and oxygen atoms in total. The third kappa shape index (κ3) is 3.96. The third-order valence-corrected chi connectivity index (χ3v) is 9.38. The van der Waals surface area contributed by atoms with Gasteiger partial charge in [0, 0.05) is 6.04 Å². The van der Waals surface area contributed by atoms with E-state index in [-0.39, 0.29) is 35.4 Å². The van der Waals surface area contributed by atoms with E-state index in [0.29, 0.717) is 37.1 Å². The standard InChI is InChI=1S/C25H39N5O3/c1-29-19(4-2-3-5-26)23(32)33-25-11-15-6-16(12-25)10-24(9-15,14-25)21(28)22(31)30-18(13-27)7-17-8-20(17)30/h15-21,29H,2-12,14,26,28H2,1H3. The van der Waals surface area contributed by atoms with Crippen LogP contribution < -0.4 is 16.8 Å². The highest BCUT2D eigenvalue weighted by molar-refractivity contribution is 5.84. The van der Waals surface area contributed by atoms with Gasteiger partial charge >= 0.3 is 5.97 Å². The van der Waals surface area contributed by atoms with Crippen molar-refractivity contribution in [3.63, 3.8) is 0 Å². The fourth-order valence-electron chi connectivity index (χ4n) is 8.20. The number of carbonyl (C=O) groups excluding carboxylic acids is 2. The van der Waals surface area contributed by atoms with Crippen LogP contribution in [0.15, 0.2) is 0 Å². The van der Waals surface area contributed by atoms with Gasteiger partial charge in [0.1, 0.15) is 17.7 Å². The molecule has 5 saturated carbocycles. The molecule has 0 aromatic rings. The summed E-state index contributed by atoms with van der Waals surface area (Å²) in [4.78, 5) is 28.6. The lowest BCUT2D eigenvalue weighted by Crippen LogP contribution is -2.66. The quantitative estimate of drug-likeness (QED) is 0.352. The van der Waals surface area contributed by atoms with Crippen LogP contribution in [0.1, 0.15) is 70.6 Å². The lowest BCUT2D eigenvalue weighted by Gasteiger charge is -2.62. The Morgan fingerprint density at radius 3 is 2.55 bits per heavy atom. The van der Waals surface area contributed by atoms with Crippen molar-refractivity contribution in [2.24, 2.45) is 34.6 Å². The van der Waals surface area contributed by atoms with Gasteiger partial charge in [-0.15, -0.1) is 0 Å². The minimum atomic E-state index is -0.624. The molecule has 0 radical (unpaired) electrons. The highest BCUT2D eigenvalue weighted by Crippen LogP contribution is 2.64. The summed E-state index contributed by atoms with van der Waals surface area (Å²) in [5, 5.41) is 12.7. The van der Waals surface area contributed by atoms with Gasteiger partial charge in [0.25, 0.3) is 0 Å². The number of likely N-dealkylation sites (N-methyl/N-ethyl adjacent to an activating group) is 1. The molecule has 1 amide bonds. The number of hydrogen-bond acceptors (Lipinski definition) is 7. The fourth-order valence-corrected chi connectivity index (χ4v) is 8.20. The average Bonchev–Trinajstić information content (AvgIpc) is 3.44. The summed E-state index contributed by atoms with van der Waals surface area (Å²) in [7, 11) is 1.80. The Balaban J connectivity index is 1.32. The SMILES string of the molecule is CNC(CCCCN)C(=O)OC12CC3CC(C1)CC(C(N)C(=O)N1C(C#N)CC4CC41)(C3)C2. The van der Waals surface area contributed by atoms with E-state index in [9.17, 15) is 14.9 Å². The molecule has 1 saturated heterocycles. The third-order valence-electron chi connectivity index (χ3n) is 9.38. The maximum atomic E-state index is 13.6. The first-order chi connectivity index (χ1) is 15.8. The molecule has 33 heavy (non-hydrogen) atoms. The second kappa shape index (κ2) is 8.51. The van der Waals surface area contributed by atoms with E-state index in [4.69, 9.17) is 16.2 Å². The number of piperidine rings is 1. The van der Waals surface area contributed by atoms with Crippen LogP contribution in [0.25, 0.3) is 0 Å². The number of likely N-dealkylation sites (tertiary alicyclic amines) is 1. The molecule has 0 aromatic heterocycles. The Morgan fingerprint density at radius 2 is 1.91 bits per heavy atom. The highest BCUT2D eigenvalue weighted by Gasteiger charge is 2.64. The van der Waals surface area contributed by atoms with Crippen molar-refractivity contribution in [3.05, 3.63) is 0 Å². The first-order valence-electron chi connectivity index (χ1n) is 12.9. The molecular formula is C25H39N5O3. The molecule has 1 heterocycles. The van der Waals surface area contributed by atoms with Gasteiger partial charge in [-0.1, -0.05) is 6.42 Å². The van der Waals surface area contributed by atoms with Crippen LogP contribution in [0, 0.1) is 34.5 Å². The molecule has 7 unspecified atom stereocenters. The van der Waals surface area contributed by atoms with Crippen LogP contribution in [-0.2, 0) is 14.3 Å². The van der Waals surface area contributed by atoms with Gasteiger partial charge in [-0.3, -0.25) is 9.59 Å². The molecule has 0 spiro atoms. The molecule has 6 rings (SSSR count). The van der Waals surface area contributed by atoms with Crippen LogP contribution >= 0.6 is 0 Å². The Morgan fingerprint density at radius 1 is 1.18 bits per heavy atom. The van der Waals surface area contributed by atoms with E-state index >= 15 is 0 Å². The van der Waals surface area contributed by atoms with Crippen molar-refractivity contribution in [1.82, 2.24) is 10.2 Å². The molecule has 7 atom stereocenters. The summed E-state index contributed by atoms with van der Waals surface area (Å²) in [5.41, 5.74) is 11.6. The van der Waals surface area contributed by atoms with E-state index in [2.05, 4.69) is 11.4 Å². The number of esters is 1. The van der Waals surface area contributed by atoms with Crippen molar-refractivity contribution < 1.29 is 14.3 Å². The van der Waals surface area contributed by atoms with Crippen molar-refractivity contribution in [2.75, 3.05) is 13.6 Å². The number of ether oxygens (including phenoxy) is 1. The number of hydrogen-bond donors (Lipinski definition) is 3. The van der Waals surface area contributed by atoms with Gasteiger partial charge in [-0.05, 0) is 101 Å². The van der Waals surface area contributed by atoms with Gasteiger partial charge in [-0.2, -0.15) is 5.26 Å². The molecule has 6 fully saturated rings. The molecule has 8 heteroatoms. The Labute approximate surface area is 196 Å². The number of carbonyl (C=O) groups is 2. The van der Waals surface area contributed by atoms with Crippen molar-refractivity contribution in [3.8, 4) is 6.07 Å². The molecule has 182 valence electrons. The van der Waals surface area contributed by atoms with E-state index < -0.39 is 11.6 Å². The minimum absolute atomic E-state index is 0.0511. The molecule has 1 aliphatic heterocycles. The van der Waals surface area contributed by atoms with Crippen molar-refractivity contribution in [2.45, 2.75) is 100 Å². The average molecular weight is 458 g/mol.